The number of H-pyrrole nitrogens is 1. The fourth-order valence-electron chi connectivity index (χ4n) is 2.30. The molecule has 92 valence electrons. The van der Waals surface area contributed by atoms with Gasteiger partial charge in [0.15, 0.2) is 0 Å². The van der Waals surface area contributed by atoms with Crippen LogP contribution < -0.4 is 0 Å². The highest BCUT2D eigenvalue weighted by molar-refractivity contribution is 6.30. The van der Waals surface area contributed by atoms with Crippen LogP contribution in [0.5, 0.6) is 0 Å². The predicted octanol–water partition coefficient (Wildman–Crippen LogP) is 2.87. The lowest BCUT2D eigenvalue weighted by molar-refractivity contribution is 0.0734. The van der Waals surface area contributed by atoms with E-state index in [1.165, 1.54) is 11.3 Å². The maximum Gasteiger partial charge on any atom is 0.254 e. The smallest absolute Gasteiger partial charge is 0.254 e. The molecule has 3 rings (SSSR count). The molecule has 0 aliphatic carbocycles. The molecular formula is C14H13ClN2O. The van der Waals surface area contributed by atoms with Gasteiger partial charge < -0.3 is 9.88 Å². The van der Waals surface area contributed by atoms with Crippen molar-refractivity contribution in [2.75, 3.05) is 6.54 Å². The number of hydrogen-bond donors (Lipinski definition) is 1. The maximum absolute atomic E-state index is 12.3. The van der Waals surface area contributed by atoms with Crippen LogP contribution in [0.4, 0.5) is 0 Å². The Hall–Kier alpha value is -1.74. The molecule has 0 saturated carbocycles. The zero-order chi connectivity index (χ0) is 12.5. The summed E-state index contributed by atoms with van der Waals surface area (Å²) in [6, 6.07) is 9.09. The standard InChI is InChI=1S/C14H13ClN2O/c15-12-3-1-10(2-4-12)14(18)17-8-6-13-11(9-17)5-7-16-13/h1-5,7,16H,6,8-9H2. The van der Waals surface area contributed by atoms with Crippen LogP contribution in [0.2, 0.25) is 5.02 Å². The van der Waals surface area contributed by atoms with E-state index < -0.39 is 0 Å². The van der Waals surface area contributed by atoms with Crippen molar-refractivity contribution in [3.63, 3.8) is 0 Å². The van der Waals surface area contributed by atoms with Crippen LogP contribution in [0, 0.1) is 0 Å². The predicted molar refractivity (Wildman–Crippen MR) is 70.7 cm³/mol. The summed E-state index contributed by atoms with van der Waals surface area (Å²) in [6.07, 6.45) is 2.82. The molecule has 2 heterocycles. The number of rotatable bonds is 1. The third kappa shape index (κ3) is 2.02. The topological polar surface area (TPSA) is 36.1 Å². The second-order valence-corrected chi connectivity index (χ2v) is 4.90. The molecule has 2 aromatic rings. The van der Waals surface area contributed by atoms with E-state index in [1.807, 2.05) is 17.2 Å². The molecule has 4 heteroatoms. The number of aromatic amines is 1. The molecule has 0 radical (unpaired) electrons. The number of aromatic nitrogens is 1. The van der Waals surface area contributed by atoms with Gasteiger partial charge in [-0.1, -0.05) is 11.6 Å². The summed E-state index contributed by atoms with van der Waals surface area (Å²) in [4.78, 5) is 17.4. The van der Waals surface area contributed by atoms with Crippen molar-refractivity contribution in [1.29, 1.82) is 0 Å². The number of benzene rings is 1. The number of amides is 1. The molecular weight excluding hydrogens is 248 g/mol. The van der Waals surface area contributed by atoms with Crippen LogP contribution in [0.25, 0.3) is 0 Å². The number of fused-ring (bicyclic) bond motifs is 1. The number of nitrogens with one attached hydrogen (secondary N) is 1. The molecule has 1 aliphatic rings. The second kappa shape index (κ2) is 4.50. The first kappa shape index (κ1) is 11.4. The molecule has 3 nitrogen and oxygen atoms in total. The average Bonchev–Trinajstić information content (AvgIpc) is 2.86. The van der Waals surface area contributed by atoms with E-state index in [0.29, 0.717) is 17.1 Å². The summed E-state index contributed by atoms with van der Waals surface area (Å²) in [5, 5.41) is 0.651. The fraction of sp³-hybridized carbons (Fsp3) is 0.214. The Bertz CT molecular complexity index is 574. The highest BCUT2D eigenvalue weighted by Gasteiger charge is 2.22. The summed E-state index contributed by atoms with van der Waals surface area (Å²) in [5.41, 5.74) is 3.15. The quantitative estimate of drug-likeness (QED) is 0.841. The molecule has 1 amide bonds. The van der Waals surface area contributed by atoms with E-state index in [9.17, 15) is 4.79 Å². The van der Waals surface area contributed by atoms with Gasteiger partial charge in [0.2, 0.25) is 0 Å². The molecule has 1 aliphatic heterocycles. The Morgan fingerprint density at radius 3 is 2.78 bits per heavy atom. The molecule has 0 bridgehead atoms. The molecule has 0 atom stereocenters. The maximum atomic E-state index is 12.3. The summed E-state index contributed by atoms with van der Waals surface area (Å²) in [7, 11) is 0. The summed E-state index contributed by atoms with van der Waals surface area (Å²) in [5.74, 6) is 0.0681. The second-order valence-electron chi connectivity index (χ2n) is 4.47. The summed E-state index contributed by atoms with van der Waals surface area (Å²) >= 11 is 5.83. The van der Waals surface area contributed by atoms with Crippen LogP contribution in [0.3, 0.4) is 0 Å². The Morgan fingerprint density at radius 1 is 1.22 bits per heavy atom. The summed E-state index contributed by atoms with van der Waals surface area (Å²) < 4.78 is 0. The van der Waals surface area contributed by atoms with Crippen molar-refractivity contribution in [2.45, 2.75) is 13.0 Å². The number of carbonyl (C=O) groups excluding carboxylic acids is 1. The van der Waals surface area contributed by atoms with Crippen molar-refractivity contribution in [2.24, 2.45) is 0 Å². The van der Waals surface area contributed by atoms with Gasteiger partial charge in [-0.3, -0.25) is 4.79 Å². The van der Waals surface area contributed by atoms with Gasteiger partial charge >= 0.3 is 0 Å². The van der Waals surface area contributed by atoms with E-state index in [2.05, 4.69) is 4.98 Å². The minimum atomic E-state index is 0.0681. The Morgan fingerprint density at radius 2 is 2.00 bits per heavy atom. The lowest BCUT2D eigenvalue weighted by Gasteiger charge is -2.27. The number of carbonyl (C=O) groups is 1. The monoisotopic (exact) mass is 260 g/mol. The number of halogens is 1. The van der Waals surface area contributed by atoms with Crippen molar-refractivity contribution in [1.82, 2.24) is 9.88 Å². The molecule has 0 spiro atoms. The van der Waals surface area contributed by atoms with Gasteiger partial charge in [0.25, 0.3) is 5.91 Å². The highest BCUT2D eigenvalue weighted by Crippen LogP contribution is 2.20. The number of hydrogen-bond acceptors (Lipinski definition) is 1. The molecule has 1 N–H and O–H groups in total. The van der Waals surface area contributed by atoms with Gasteiger partial charge in [0, 0.05) is 42.0 Å². The van der Waals surface area contributed by atoms with Gasteiger partial charge in [-0.05, 0) is 35.9 Å². The van der Waals surface area contributed by atoms with Gasteiger partial charge in [0.1, 0.15) is 0 Å². The van der Waals surface area contributed by atoms with Crippen molar-refractivity contribution in [3.8, 4) is 0 Å². The Labute approximate surface area is 110 Å². The average molecular weight is 261 g/mol. The van der Waals surface area contributed by atoms with Crippen LogP contribution in [0.1, 0.15) is 21.6 Å². The molecule has 1 aromatic carbocycles. The molecule has 18 heavy (non-hydrogen) atoms. The van der Waals surface area contributed by atoms with Crippen LogP contribution in [0.15, 0.2) is 36.5 Å². The molecule has 0 unspecified atom stereocenters. The third-order valence-electron chi connectivity index (χ3n) is 3.30. The highest BCUT2D eigenvalue weighted by atomic mass is 35.5. The summed E-state index contributed by atoms with van der Waals surface area (Å²) in [6.45, 7) is 1.44. The lowest BCUT2D eigenvalue weighted by atomic mass is 10.1. The zero-order valence-corrected chi connectivity index (χ0v) is 10.6. The lowest BCUT2D eigenvalue weighted by Crippen LogP contribution is -2.35. The third-order valence-corrected chi connectivity index (χ3v) is 3.55. The van der Waals surface area contributed by atoms with E-state index in [4.69, 9.17) is 11.6 Å². The molecule has 0 fully saturated rings. The largest absolute Gasteiger partial charge is 0.365 e. The first-order valence-corrected chi connectivity index (χ1v) is 6.32. The Kier molecular flexibility index (Phi) is 2.84. The van der Waals surface area contributed by atoms with Gasteiger partial charge in [-0.2, -0.15) is 0 Å². The van der Waals surface area contributed by atoms with Gasteiger partial charge in [-0.15, -0.1) is 0 Å². The van der Waals surface area contributed by atoms with E-state index in [-0.39, 0.29) is 5.91 Å². The fourth-order valence-corrected chi connectivity index (χ4v) is 2.42. The van der Waals surface area contributed by atoms with Crippen LogP contribution in [-0.2, 0) is 13.0 Å². The van der Waals surface area contributed by atoms with Gasteiger partial charge in [0.05, 0.1) is 0 Å². The SMILES string of the molecule is O=C(c1ccc(Cl)cc1)N1CCc2[nH]ccc2C1. The van der Waals surface area contributed by atoms with Crippen LogP contribution >= 0.6 is 11.6 Å². The molecule has 1 aromatic heterocycles. The van der Waals surface area contributed by atoms with Crippen molar-refractivity contribution >= 4 is 17.5 Å². The van der Waals surface area contributed by atoms with Gasteiger partial charge in [-0.25, -0.2) is 0 Å². The van der Waals surface area contributed by atoms with E-state index in [1.54, 1.807) is 24.3 Å². The van der Waals surface area contributed by atoms with E-state index >= 15 is 0 Å². The number of nitrogens with zero attached hydrogens (tertiary/aromatic N) is 1. The normalized spacial score (nSPS) is 14.4. The van der Waals surface area contributed by atoms with Crippen molar-refractivity contribution < 1.29 is 4.79 Å². The minimum absolute atomic E-state index is 0.0681. The Balaban J connectivity index is 1.80. The van der Waals surface area contributed by atoms with Crippen molar-refractivity contribution in [3.05, 3.63) is 58.4 Å². The van der Waals surface area contributed by atoms with E-state index in [0.717, 1.165) is 13.0 Å². The zero-order valence-electron chi connectivity index (χ0n) is 9.82. The first-order chi connectivity index (χ1) is 8.74. The van der Waals surface area contributed by atoms with Crippen LogP contribution in [-0.4, -0.2) is 22.3 Å². The first-order valence-electron chi connectivity index (χ1n) is 5.94. The molecule has 0 saturated heterocycles. The minimum Gasteiger partial charge on any atom is -0.365 e.